The van der Waals surface area contributed by atoms with Crippen LogP contribution in [0.1, 0.15) is 17.5 Å². The minimum absolute atomic E-state index is 0.202. The summed E-state index contributed by atoms with van der Waals surface area (Å²) in [7, 11) is 0. The maximum absolute atomic E-state index is 12.3. The van der Waals surface area contributed by atoms with Crippen LogP contribution in [0.15, 0.2) is 35.8 Å². The van der Waals surface area contributed by atoms with Crippen LogP contribution in [0.4, 0.5) is 5.13 Å². The average molecular weight is 326 g/mol. The first-order valence-electron chi connectivity index (χ1n) is 7.67. The molecule has 0 bridgehead atoms. The lowest BCUT2D eigenvalue weighted by molar-refractivity contribution is -0.131. The Hall–Kier alpha value is -2.39. The number of hydrogen-bond acceptors (Lipinski definition) is 5. The van der Waals surface area contributed by atoms with Gasteiger partial charge in [-0.1, -0.05) is 12.1 Å². The number of piperazine rings is 1. The molecule has 5 nitrogen and oxygen atoms in total. The van der Waals surface area contributed by atoms with Gasteiger partial charge in [0.25, 0.3) is 0 Å². The highest BCUT2D eigenvalue weighted by atomic mass is 32.1. The van der Waals surface area contributed by atoms with E-state index in [1.165, 1.54) is 0 Å². The molecule has 0 radical (unpaired) electrons. The van der Waals surface area contributed by atoms with Crippen LogP contribution in [-0.4, -0.2) is 42.0 Å². The maximum atomic E-state index is 12.3. The molecule has 0 aliphatic carbocycles. The Labute approximate surface area is 139 Å². The Balaban J connectivity index is 1.47. The molecule has 2 heterocycles. The van der Waals surface area contributed by atoms with Crippen LogP contribution in [0.25, 0.3) is 0 Å². The summed E-state index contributed by atoms with van der Waals surface area (Å²) >= 11 is 1.64. The standard InChI is InChI=1S/C17H18N4OS/c18-13-15-3-1-14(2-4-15)5-6-16(22)20-8-10-21(11-9-20)17-19-7-12-23-17/h1-4,7,12H,5-6,8-11H2. The van der Waals surface area contributed by atoms with Crippen molar-refractivity contribution in [1.29, 1.82) is 5.26 Å². The first-order valence-corrected chi connectivity index (χ1v) is 8.55. The van der Waals surface area contributed by atoms with Gasteiger partial charge in [-0.15, -0.1) is 11.3 Å². The SMILES string of the molecule is N#Cc1ccc(CCC(=O)N2CCN(c3nccs3)CC2)cc1. The van der Waals surface area contributed by atoms with Crippen molar-refractivity contribution in [2.24, 2.45) is 0 Å². The number of amides is 1. The molecule has 23 heavy (non-hydrogen) atoms. The van der Waals surface area contributed by atoms with Gasteiger partial charge >= 0.3 is 0 Å². The number of nitrogens with zero attached hydrogens (tertiary/aromatic N) is 4. The van der Waals surface area contributed by atoms with Gasteiger partial charge in [0.05, 0.1) is 11.6 Å². The van der Waals surface area contributed by atoms with Gasteiger partial charge in [-0.25, -0.2) is 4.98 Å². The lowest BCUT2D eigenvalue weighted by Gasteiger charge is -2.34. The first kappa shape index (κ1) is 15.5. The van der Waals surface area contributed by atoms with Crippen molar-refractivity contribution in [1.82, 2.24) is 9.88 Å². The Morgan fingerprint density at radius 2 is 1.96 bits per heavy atom. The molecule has 0 spiro atoms. The summed E-state index contributed by atoms with van der Waals surface area (Å²) in [5.74, 6) is 0.202. The van der Waals surface area contributed by atoms with E-state index in [-0.39, 0.29) is 5.91 Å². The van der Waals surface area contributed by atoms with E-state index in [4.69, 9.17) is 5.26 Å². The summed E-state index contributed by atoms with van der Waals surface area (Å²) in [5, 5.41) is 11.8. The van der Waals surface area contributed by atoms with Gasteiger partial charge < -0.3 is 9.80 Å². The molecule has 118 valence electrons. The molecule has 1 aromatic carbocycles. The summed E-state index contributed by atoms with van der Waals surface area (Å²) < 4.78 is 0. The lowest BCUT2D eigenvalue weighted by Crippen LogP contribution is -2.48. The minimum Gasteiger partial charge on any atom is -0.345 e. The quantitative estimate of drug-likeness (QED) is 0.865. The van der Waals surface area contributed by atoms with Crippen LogP contribution in [0.2, 0.25) is 0 Å². The van der Waals surface area contributed by atoms with E-state index >= 15 is 0 Å². The summed E-state index contributed by atoms with van der Waals surface area (Å²) in [4.78, 5) is 20.8. The molecular formula is C17H18N4OS. The molecule has 0 saturated carbocycles. The van der Waals surface area contributed by atoms with Crippen molar-refractivity contribution in [2.45, 2.75) is 12.8 Å². The topological polar surface area (TPSA) is 60.2 Å². The van der Waals surface area contributed by atoms with Crippen LogP contribution in [0.3, 0.4) is 0 Å². The molecule has 1 aliphatic rings. The van der Waals surface area contributed by atoms with Gasteiger partial charge in [-0.2, -0.15) is 5.26 Å². The first-order chi connectivity index (χ1) is 11.3. The number of hydrogen-bond donors (Lipinski definition) is 0. The fraction of sp³-hybridized carbons (Fsp3) is 0.353. The number of aromatic nitrogens is 1. The van der Waals surface area contributed by atoms with Gasteiger partial charge in [0.2, 0.25) is 5.91 Å². The molecule has 0 unspecified atom stereocenters. The zero-order valence-electron chi connectivity index (χ0n) is 12.8. The second-order valence-corrected chi connectivity index (χ2v) is 6.36. The Morgan fingerprint density at radius 1 is 1.22 bits per heavy atom. The molecule has 1 amide bonds. The van der Waals surface area contributed by atoms with Gasteiger partial charge in [-0.3, -0.25) is 4.79 Å². The smallest absolute Gasteiger partial charge is 0.223 e. The maximum Gasteiger partial charge on any atom is 0.223 e. The van der Waals surface area contributed by atoms with Crippen molar-refractivity contribution in [3.63, 3.8) is 0 Å². The summed E-state index contributed by atoms with van der Waals surface area (Å²) in [6.07, 6.45) is 3.05. The molecule has 6 heteroatoms. The van der Waals surface area contributed by atoms with E-state index < -0.39 is 0 Å². The van der Waals surface area contributed by atoms with E-state index in [0.29, 0.717) is 12.0 Å². The predicted molar refractivity (Wildman–Crippen MR) is 90.4 cm³/mol. The zero-order valence-corrected chi connectivity index (χ0v) is 13.6. The molecule has 0 N–H and O–H groups in total. The Kier molecular flexibility index (Phi) is 4.89. The Morgan fingerprint density at radius 3 is 2.57 bits per heavy atom. The van der Waals surface area contributed by atoms with Crippen LogP contribution in [0, 0.1) is 11.3 Å². The van der Waals surface area contributed by atoms with Crippen molar-refractivity contribution in [3.05, 3.63) is 47.0 Å². The summed E-state index contributed by atoms with van der Waals surface area (Å²) in [6.45, 7) is 3.20. The second kappa shape index (κ2) is 7.25. The van der Waals surface area contributed by atoms with Crippen LogP contribution >= 0.6 is 11.3 Å². The van der Waals surface area contributed by atoms with Crippen LogP contribution < -0.4 is 4.90 Å². The van der Waals surface area contributed by atoms with Gasteiger partial charge in [-0.05, 0) is 24.1 Å². The zero-order chi connectivity index (χ0) is 16.1. The number of thiazole rings is 1. The van der Waals surface area contributed by atoms with Crippen LogP contribution in [0.5, 0.6) is 0 Å². The van der Waals surface area contributed by atoms with Crippen molar-refractivity contribution >= 4 is 22.4 Å². The van der Waals surface area contributed by atoms with E-state index in [1.54, 1.807) is 23.5 Å². The van der Waals surface area contributed by atoms with Gasteiger partial charge in [0.1, 0.15) is 0 Å². The molecule has 1 fully saturated rings. The third-order valence-electron chi connectivity index (χ3n) is 4.03. The number of carbonyl (C=O) groups excluding carboxylic acids is 1. The van der Waals surface area contributed by atoms with Crippen molar-refractivity contribution < 1.29 is 4.79 Å². The third kappa shape index (κ3) is 3.88. The summed E-state index contributed by atoms with van der Waals surface area (Å²) in [6, 6.07) is 9.54. The number of aryl methyl sites for hydroxylation is 1. The predicted octanol–water partition coefficient (Wildman–Crippen LogP) is 2.30. The number of anilines is 1. The number of rotatable bonds is 4. The van der Waals surface area contributed by atoms with Gasteiger partial charge in [0.15, 0.2) is 5.13 Å². The summed E-state index contributed by atoms with van der Waals surface area (Å²) in [5.41, 5.74) is 1.75. The third-order valence-corrected chi connectivity index (χ3v) is 4.86. The monoisotopic (exact) mass is 326 g/mol. The normalized spacial score (nSPS) is 14.6. The fourth-order valence-corrected chi connectivity index (χ4v) is 3.37. The van der Waals surface area contributed by atoms with E-state index in [2.05, 4.69) is 16.0 Å². The average Bonchev–Trinajstić information content (AvgIpc) is 3.15. The van der Waals surface area contributed by atoms with Gasteiger partial charge in [0, 0.05) is 44.2 Å². The second-order valence-electron chi connectivity index (χ2n) is 5.49. The van der Waals surface area contributed by atoms with Crippen LogP contribution in [-0.2, 0) is 11.2 Å². The minimum atomic E-state index is 0.202. The van der Waals surface area contributed by atoms with Crippen molar-refractivity contribution in [2.75, 3.05) is 31.1 Å². The molecular weight excluding hydrogens is 308 g/mol. The largest absolute Gasteiger partial charge is 0.345 e. The molecule has 0 atom stereocenters. The van der Waals surface area contributed by atoms with E-state index in [9.17, 15) is 4.79 Å². The number of nitriles is 1. The highest BCUT2D eigenvalue weighted by Crippen LogP contribution is 2.19. The van der Waals surface area contributed by atoms with Crippen molar-refractivity contribution in [3.8, 4) is 6.07 Å². The molecule has 1 aliphatic heterocycles. The molecule has 3 rings (SSSR count). The molecule has 2 aromatic rings. The van der Waals surface area contributed by atoms with E-state index in [1.807, 2.05) is 28.6 Å². The number of carbonyl (C=O) groups is 1. The lowest BCUT2D eigenvalue weighted by atomic mass is 10.1. The molecule has 1 saturated heterocycles. The number of benzene rings is 1. The highest BCUT2D eigenvalue weighted by Gasteiger charge is 2.21. The highest BCUT2D eigenvalue weighted by molar-refractivity contribution is 7.13. The van der Waals surface area contributed by atoms with E-state index in [0.717, 1.165) is 43.3 Å². The fourth-order valence-electron chi connectivity index (χ4n) is 2.67. The molecule has 1 aromatic heterocycles. The Bertz CT molecular complexity index is 682.